The molecule has 0 aliphatic carbocycles. The van der Waals surface area contributed by atoms with Crippen molar-refractivity contribution in [3.05, 3.63) is 104 Å². The molecule has 0 bridgehead atoms. The minimum atomic E-state index is -0.807. The number of aryl methyl sites for hydroxylation is 1. The van der Waals surface area contributed by atoms with Gasteiger partial charge in [-0.3, -0.25) is 14.3 Å². The first-order chi connectivity index (χ1) is 17.1. The van der Waals surface area contributed by atoms with Gasteiger partial charge in [-0.25, -0.2) is 4.79 Å². The van der Waals surface area contributed by atoms with Crippen molar-refractivity contribution in [1.29, 1.82) is 0 Å². The summed E-state index contributed by atoms with van der Waals surface area (Å²) in [6.45, 7) is 3.28. The maximum atomic E-state index is 12.7. The van der Waals surface area contributed by atoms with Crippen LogP contribution in [0.1, 0.15) is 35.8 Å². The summed E-state index contributed by atoms with van der Waals surface area (Å²) >= 11 is 0. The normalized spacial score (nSPS) is 25.9. The van der Waals surface area contributed by atoms with Crippen LogP contribution in [0.15, 0.2) is 76.4 Å². The van der Waals surface area contributed by atoms with Gasteiger partial charge in [-0.1, -0.05) is 60.7 Å². The second-order valence-electron chi connectivity index (χ2n) is 9.12. The Bertz CT molecular complexity index is 1240. The second-order valence-corrected chi connectivity index (χ2v) is 9.12. The fourth-order valence-electron chi connectivity index (χ4n) is 4.93. The van der Waals surface area contributed by atoms with Crippen molar-refractivity contribution in [2.75, 3.05) is 13.2 Å². The molecule has 2 aromatic carbocycles. The summed E-state index contributed by atoms with van der Waals surface area (Å²) in [5.41, 5.74) is 0.758. The third-order valence-electron chi connectivity index (χ3n) is 6.75. The number of fused-ring (bicyclic) bond motifs is 1. The van der Waals surface area contributed by atoms with Gasteiger partial charge in [-0.15, -0.1) is 0 Å². The standard InChI is InChI=1S/C27H30N2O6/c1-19-15-29(26(31)28-24(19)30)25-23-27(13-8-14-33-23,34-17-21-11-6-3-7-12-21)22(35-25)18-32-16-20-9-4-2-5-10-20/h2-7,9-12,15,22-23,25H,8,13-14,16-18H2,1H3,(H,28,30,31)/t22-,23-,25-,27-/m1/s1. The molecule has 2 aliphatic rings. The van der Waals surface area contributed by atoms with Gasteiger partial charge in [0, 0.05) is 18.4 Å². The molecule has 4 atom stereocenters. The highest BCUT2D eigenvalue weighted by Crippen LogP contribution is 2.47. The predicted molar refractivity (Wildman–Crippen MR) is 129 cm³/mol. The van der Waals surface area contributed by atoms with E-state index in [9.17, 15) is 9.59 Å². The highest BCUT2D eigenvalue weighted by atomic mass is 16.6. The first-order valence-corrected chi connectivity index (χ1v) is 12.0. The van der Waals surface area contributed by atoms with Crippen molar-refractivity contribution in [2.24, 2.45) is 0 Å². The van der Waals surface area contributed by atoms with Crippen molar-refractivity contribution in [3.8, 4) is 0 Å². The van der Waals surface area contributed by atoms with Gasteiger partial charge in [0.2, 0.25) is 0 Å². The number of benzene rings is 2. The van der Waals surface area contributed by atoms with Crippen LogP contribution in [0.4, 0.5) is 0 Å². The summed E-state index contributed by atoms with van der Waals surface area (Å²) in [7, 11) is 0. The Labute approximate surface area is 203 Å². The van der Waals surface area contributed by atoms with Gasteiger partial charge in [-0.05, 0) is 30.9 Å². The van der Waals surface area contributed by atoms with Gasteiger partial charge in [0.25, 0.3) is 5.56 Å². The Hall–Kier alpha value is -3.04. The summed E-state index contributed by atoms with van der Waals surface area (Å²) in [6.07, 6.45) is 1.28. The number of nitrogens with one attached hydrogen (secondary N) is 1. The average molecular weight is 479 g/mol. The number of hydrogen-bond acceptors (Lipinski definition) is 6. The van der Waals surface area contributed by atoms with Crippen LogP contribution in [-0.2, 0) is 32.2 Å². The summed E-state index contributed by atoms with van der Waals surface area (Å²) in [4.78, 5) is 27.1. The maximum Gasteiger partial charge on any atom is 0.330 e. The maximum absolute atomic E-state index is 12.7. The monoisotopic (exact) mass is 478 g/mol. The Balaban J connectivity index is 1.45. The van der Waals surface area contributed by atoms with Crippen LogP contribution in [0.25, 0.3) is 0 Å². The van der Waals surface area contributed by atoms with Crippen molar-refractivity contribution in [3.63, 3.8) is 0 Å². The average Bonchev–Trinajstić information content (AvgIpc) is 3.20. The quantitative estimate of drug-likeness (QED) is 0.535. The van der Waals surface area contributed by atoms with Crippen molar-refractivity contribution < 1.29 is 18.9 Å². The lowest BCUT2D eigenvalue weighted by Crippen LogP contribution is -2.55. The van der Waals surface area contributed by atoms with E-state index >= 15 is 0 Å². The van der Waals surface area contributed by atoms with Gasteiger partial charge in [0.15, 0.2) is 6.23 Å². The van der Waals surface area contributed by atoms with Gasteiger partial charge in [0.05, 0.1) is 19.8 Å². The van der Waals surface area contributed by atoms with Gasteiger partial charge in [0.1, 0.15) is 17.8 Å². The minimum Gasteiger partial charge on any atom is -0.374 e. The van der Waals surface area contributed by atoms with Crippen molar-refractivity contribution >= 4 is 0 Å². The molecular weight excluding hydrogens is 448 g/mol. The zero-order valence-electron chi connectivity index (χ0n) is 19.7. The second kappa shape index (κ2) is 10.3. The fourth-order valence-corrected chi connectivity index (χ4v) is 4.93. The van der Waals surface area contributed by atoms with E-state index in [0.29, 0.717) is 31.8 Å². The lowest BCUT2D eigenvalue weighted by Gasteiger charge is -2.41. The van der Waals surface area contributed by atoms with E-state index in [1.165, 1.54) is 10.8 Å². The molecule has 0 saturated carbocycles. The first kappa shape index (κ1) is 23.7. The fraction of sp³-hybridized carbons (Fsp3) is 0.407. The minimum absolute atomic E-state index is 0.275. The molecule has 8 nitrogen and oxygen atoms in total. The topological polar surface area (TPSA) is 91.8 Å². The Morgan fingerprint density at radius 3 is 2.43 bits per heavy atom. The molecular formula is C27H30N2O6. The van der Waals surface area contributed by atoms with Crippen LogP contribution in [0, 0.1) is 6.92 Å². The third-order valence-corrected chi connectivity index (χ3v) is 6.75. The van der Waals surface area contributed by atoms with Crippen molar-refractivity contribution in [1.82, 2.24) is 9.55 Å². The van der Waals surface area contributed by atoms with Crippen LogP contribution < -0.4 is 11.2 Å². The Morgan fingerprint density at radius 1 is 1.03 bits per heavy atom. The summed E-state index contributed by atoms with van der Waals surface area (Å²) in [6, 6.07) is 19.9. The Morgan fingerprint density at radius 2 is 1.71 bits per heavy atom. The SMILES string of the molecule is Cc1cn([C@@H]2O[C@H](COCc3ccccc3)[C@]3(OCc4ccccc4)CCCO[C@H]23)c(=O)[nH]c1=O. The number of ether oxygens (including phenoxy) is 4. The van der Waals surface area contributed by atoms with E-state index in [0.717, 1.165) is 17.5 Å². The van der Waals surface area contributed by atoms with E-state index in [1.54, 1.807) is 6.92 Å². The lowest BCUT2D eigenvalue weighted by molar-refractivity contribution is -0.188. The number of nitrogens with zero attached hydrogens (tertiary/aromatic N) is 1. The van der Waals surface area contributed by atoms with Gasteiger partial charge in [-0.2, -0.15) is 0 Å². The molecule has 35 heavy (non-hydrogen) atoms. The molecule has 1 aromatic heterocycles. The largest absolute Gasteiger partial charge is 0.374 e. The highest BCUT2D eigenvalue weighted by molar-refractivity contribution is 5.16. The van der Waals surface area contributed by atoms with E-state index in [4.69, 9.17) is 18.9 Å². The highest BCUT2D eigenvalue weighted by Gasteiger charge is 2.60. The molecule has 0 amide bonds. The molecule has 184 valence electrons. The van der Waals surface area contributed by atoms with Gasteiger partial charge < -0.3 is 18.9 Å². The first-order valence-electron chi connectivity index (χ1n) is 12.0. The van der Waals surface area contributed by atoms with E-state index in [1.807, 2.05) is 60.7 Å². The number of aromatic nitrogens is 2. The van der Waals surface area contributed by atoms with Crippen molar-refractivity contribution in [2.45, 2.75) is 57.0 Å². The molecule has 8 heteroatoms. The van der Waals surface area contributed by atoms with Gasteiger partial charge >= 0.3 is 5.69 Å². The zero-order chi connectivity index (χ0) is 24.3. The van der Waals surface area contributed by atoms with Crippen LogP contribution in [0.2, 0.25) is 0 Å². The number of hydrogen-bond donors (Lipinski definition) is 1. The summed E-state index contributed by atoms with van der Waals surface area (Å²) in [5, 5.41) is 0. The molecule has 1 N–H and O–H groups in total. The number of rotatable bonds is 8. The van der Waals surface area contributed by atoms with Crippen LogP contribution in [0.3, 0.4) is 0 Å². The van der Waals surface area contributed by atoms with E-state index in [2.05, 4.69) is 4.98 Å². The molecule has 0 unspecified atom stereocenters. The van der Waals surface area contributed by atoms with Crippen LogP contribution in [-0.4, -0.2) is 40.6 Å². The summed E-state index contributed by atoms with van der Waals surface area (Å²) in [5.74, 6) is 0. The molecule has 5 rings (SSSR count). The number of aromatic amines is 1. The van der Waals surface area contributed by atoms with E-state index < -0.39 is 35.3 Å². The molecule has 3 aromatic rings. The predicted octanol–water partition coefficient (Wildman–Crippen LogP) is 3.09. The number of H-pyrrole nitrogens is 1. The lowest BCUT2D eigenvalue weighted by atomic mass is 9.85. The van der Waals surface area contributed by atoms with Crippen LogP contribution >= 0.6 is 0 Å². The molecule has 0 radical (unpaired) electrons. The zero-order valence-corrected chi connectivity index (χ0v) is 19.7. The molecule has 2 saturated heterocycles. The Kier molecular flexibility index (Phi) is 6.97. The molecule has 2 fully saturated rings. The molecule has 0 spiro atoms. The molecule has 2 aliphatic heterocycles. The molecule has 3 heterocycles. The van der Waals surface area contributed by atoms with E-state index in [-0.39, 0.29) is 6.61 Å². The third kappa shape index (κ3) is 4.88. The van der Waals surface area contributed by atoms with Crippen LogP contribution in [0.5, 0.6) is 0 Å². The smallest absolute Gasteiger partial charge is 0.330 e. The summed E-state index contributed by atoms with van der Waals surface area (Å²) < 4.78 is 26.8.